The van der Waals surface area contributed by atoms with Crippen molar-refractivity contribution in [1.29, 1.82) is 0 Å². The third-order valence-corrected chi connectivity index (χ3v) is 17.8. The number of aliphatic hydroxyl groups is 11. The number of carbonyl (C=O) groups is 1. The fraction of sp³-hybridized carbons (Fsp3) is 0.671. The molecule has 0 aromatic carbocycles. The van der Waals surface area contributed by atoms with E-state index in [0.717, 1.165) is 122 Å². The van der Waals surface area contributed by atoms with E-state index in [9.17, 15) is 61.0 Å². The molecule has 3 rings (SSSR count). The van der Waals surface area contributed by atoms with Crippen LogP contribution >= 0.6 is 0 Å². The van der Waals surface area contributed by atoms with E-state index in [2.05, 4.69) is 165 Å². The molecule has 17 atom stereocenters. The van der Waals surface area contributed by atoms with Gasteiger partial charge in [0.05, 0.1) is 38.6 Å². The van der Waals surface area contributed by atoms with Crippen LogP contribution in [0.25, 0.3) is 0 Å². The van der Waals surface area contributed by atoms with Gasteiger partial charge in [0.15, 0.2) is 18.9 Å². The second-order valence-corrected chi connectivity index (χ2v) is 26.4. The summed E-state index contributed by atoms with van der Waals surface area (Å²) >= 11 is 0. The van der Waals surface area contributed by atoms with Crippen molar-refractivity contribution >= 4 is 5.91 Å². The van der Waals surface area contributed by atoms with E-state index in [-0.39, 0.29) is 18.9 Å². The topological polar surface area (TPSA) is 307 Å². The van der Waals surface area contributed by atoms with Gasteiger partial charge < -0.3 is 89.9 Å². The van der Waals surface area contributed by atoms with Crippen LogP contribution in [0.5, 0.6) is 0 Å². The van der Waals surface area contributed by atoms with E-state index in [1.54, 1.807) is 6.08 Å². The maximum Gasteiger partial charge on any atom is 0.220 e. The number of unbranched alkanes of at least 4 members (excludes halogenated alkanes) is 17. The number of nitrogens with one attached hydrogen (secondary N) is 1. The molecule has 0 aromatic rings. The maximum atomic E-state index is 13.4. The Hall–Kier alpha value is -4.59. The van der Waals surface area contributed by atoms with Crippen molar-refractivity contribution in [3.05, 3.63) is 158 Å². The van der Waals surface area contributed by atoms with Gasteiger partial charge in [0.2, 0.25) is 5.91 Å². The third-order valence-electron chi connectivity index (χ3n) is 17.8. The Bertz CT molecular complexity index is 2440. The Morgan fingerprint density at radius 2 is 0.693 bits per heavy atom. The summed E-state index contributed by atoms with van der Waals surface area (Å²) < 4.78 is 34.3. The molecule has 19 nitrogen and oxygen atoms in total. The SMILES string of the molecule is CC/C=C\C/C=C\C/C=C\C/C=C\C/C=C\C/C=C\C/C=C\C/C=C\C/C=C\C/C=C\CCCCCCCCCCCCC(=O)NC(COC1OC(CO)C(OC2OC(CO)C(OC3OC(CO)C(O)C(O)C3O)C(O)C2O)C(O)C1O)C(O)/C=C/CC/C=C/CC/C=C/CCCCCCC. The lowest BCUT2D eigenvalue weighted by atomic mass is 9.96. The lowest BCUT2D eigenvalue weighted by Gasteiger charge is -2.48. The summed E-state index contributed by atoms with van der Waals surface area (Å²) in [5.74, 6) is -0.302. The lowest BCUT2D eigenvalue weighted by molar-refractivity contribution is -0.379. The van der Waals surface area contributed by atoms with Crippen molar-refractivity contribution in [3.8, 4) is 0 Å². The summed E-state index contributed by atoms with van der Waals surface area (Å²) in [7, 11) is 0. The molecule has 0 aromatic heterocycles. The highest BCUT2D eigenvalue weighted by Crippen LogP contribution is 2.33. The van der Waals surface area contributed by atoms with Gasteiger partial charge in [-0.15, -0.1) is 0 Å². The average molecular weight is 1420 g/mol. The van der Waals surface area contributed by atoms with Crippen molar-refractivity contribution in [2.75, 3.05) is 26.4 Å². The van der Waals surface area contributed by atoms with Gasteiger partial charge in [-0.3, -0.25) is 4.79 Å². The first kappa shape index (κ1) is 90.6. The molecule has 0 radical (unpaired) electrons. The van der Waals surface area contributed by atoms with E-state index in [0.29, 0.717) is 12.8 Å². The Kier molecular flexibility index (Phi) is 54.4. The second kappa shape index (κ2) is 60.7. The molecule has 3 heterocycles. The van der Waals surface area contributed by atoms with Crippen molar-refractivity contribution in [2.24, 2.45) is 0 Å². The Balaban J connectivity index is 1.34. The highest BCUT2D eigenvalue weighted by Gasteiger charge is 2.53. The molecule has 0 saturated carbocycles. The molecular weight excluding hydrogens is 1290 g/mol. The van der Waals surface area contributed by atoms with Gasteiger partial charge in [-0.2, -0.15) is 0 Å². The minimum atomic E-state index is -1.99. The highest BCUT2D eigenvalue weighted by atomic mass is 16.8. The Morgan fingerprint density at radius 1 is 0.366 bits per heavy atom. The fourth-order valence-electron chi connectivity index (χ4n) is 11.7. The number of rotatable bonds is 57. The number of hydrogen-bond donors (Lipinski definition) is 12. The first-order valence-corrected chi connectivity index (χ1v) is 38.2. The first-order valence-electron chi connectivity index (χ1n) is 38.2. The van der Waals surface area contributed by atoms with E-state index >= 15 is 0 Å². The van der Waals surface area contributed by atoms with Gasteiger partial charge in [-0.05, 0) is 122 Å². The predicted octanol–water partition coefficient (Wildman–Crippen LogP) is 12.1. The number of allylic oxidation sites excluding steroid dienone is 25. The van der Waals surface area contributed by atoms with E-state index in [1.807, 2.05) is 6.08 Å². The molecule has 3 aliphatic heterocycles. The molecule has 0 spiro atoms. The summed E-state index contributed by atoms with van der Waals surface area (Å²) in [5.41, 5.74) is 0. The van der Waals surface area contributed by atoms with Crippen LogP contribution in [0.3, 0.4) is 0 Å². The minimum Gasteiger partial charge on any atom is -0.394 e. The second-order valence-electron chi connectivity index (χ2n) is 26.4. The summed E-state index contributed by atoms with van der Waals surface area (Å²) in [6, 6.07) is -1.01. The molecule has 3 saturated heterocycles. The molecule has 12 N–H and O–H groups in total. The third kappa shape index (κ3) is 41.0. The van der Waals surface area contributed by atoms with Gasteiger partial charge in [0.25, 0.3) is 0 Å². The number of carbonyl (C=O) groups excluding carboxylic acids is 1. The molecule has 0 aliphatic carbocycles. The first-order chi connectivity index (χ1) is 49.3. The van der Waals surface area contributed by atoms with Crippen LogP contribution in [-0.2, 0) is 33.2 Å². The minimum absolute atomic E-state index is 0.216. The smallest absolute Gasteiger partial charge is 0.220 e. The maximum absolute atomic E-state index is 13.4. The van der Waals surface area contributed by atoms with Crippen LogP contribution in [0, 0.1) is 0 Å². The zero-order valence-electron chi connectivity index (χ0n) is 61.1. The summed E-state index contributed by atoms with van der Waals surface area (Å²) in [4.78, 5) is 13.4. The van der Waals surface area contributed by atoms with E-state index in [1.165, 1.54) is 64.2 Å². The number of hydrogen-bond acceptors (Lipinski definition) is 18. The molecule has 574 valence electrons. The predicted molar refractivity (Wildman–Crippen MR) is 401 cm³/mol. The standard InChI is InChI=1S/C82H133NO18/c1-3-5-7-9-11-13-15-17-19-20-21-22-23-24-25-26-27-28-29-30-31-32-33-34-35-36-37-38-39-40-41-42-43-44-46-48-50-52-54-56-58-60-70(88)83-65(66(87)59-57-55-53-51-49-47-45-18-16-14-12-10-8-6-4-2)64-96-80-76(94)73(91)78(68(62-85)98-80)101-82-77(95)74(92)79(69(63-86)99-82)100-81-75(93)72(90)71(89)67(61-84)97-81/h5,7,11,13,16-19,21-22,24-25,27-28,30-31,33-34,36-37,39-40,49,51,57,59,65-69,71-82,84-87,89-95H,3-4,6,8-10,12,14-15,20,23,26,29,32,35,38,41-48,50,52-56,58,60-64H2,1-2H3,(H,83,88)/b7-5-,13-11-,18-16+,19-17-,22-21-,25-24-,28-27-,31-30-,34-33-,37-36-,40-39-,51-49+,59-57+. The van der Waals surface area contributed by atoms with Gasteiger partial charge in [0.1, 0.15) is 73.2 Å². The summed E-state index contributed by atoms with van der Waals surface area (Å²) in [5, 5.41) is 121. The fourth-order valence-corrected chi connectivity index (χ4v) is 11.7. The quantitative estimate of drug-likeness (QED) is 0.0199. The molecule has 0 bridgehead atoms. The number of aliphatic hydroxyl groups excluding tert-OH is 11. The highest BCUT2D eigenvalue weighted by molar-refractivity contribution is 5.76. The normalized spacial score (nSPS) is 27.2. The summed E-state index contributed by atoms with van der Waals surface area (Å²) in [6.07, 6.45) is 62.3. The van der Waals surface area contributed by atoms with Crippen LogP contribution in [-0.4, -0.2) is 193 Å². The van der Waals surface area contributed by atoms with Crippen molar-refractivity contribution < 1.29 is 89.4 Å². The van der Waals surface area contributed by atoms with Crippen LogP contribution < -0.4 is 5.32 Å². The molecular formula is C82H133NO18. The zero-order valence-corrected chi connectivity index (χ0v) is 61.1. The molecule has 101 heavy (non-hydrogen) atoms. The van der Waals surface area contributed by atoms with Crippen molar-refractivity contribution in [3.63, 3.8) is 0 Å². The Morgan fingerprint density at radius 3 is 1.11 bits per heavy atom. The Labute approximate surface area is 605 Å². The summed E-state index contributed by atoms with van der Waals surface area (Å²) in [6.45, 7) is 1.55. The van der Waals surface area contributed by atoms with Gasteiger partial charge in [-0.1, -0.05) is 249 Å². The van der Waals surface area contributed by atoms with Gasteiger partial charge in [-0.25, -0.2) is 0 Å². The average Bonchev–Trinajstić information content (AvgIpc) is 0.782. The van der Waals surface area contributed by atoms with Crippen molar-refractivity contribution in [1.82, 2.24) is 5.32 Å². The lowest BCUT2D eigenvalue weighted by Crippen LogP contribution is -2.66. The molecule has 1 amide bonds. The molecule has 3 aliphatic rings. The van der Waals surface area contributed by atoms with Crippen LogP contribution in [0.2, 0.25) is 0 Å². The number of ether oxygens (including phenoxy) is 6. The monoisotopic (exact) mass is 1420 g/mol. The van der Waals surface area contributed by atoms with Gasteiger partial charge in [0, 0.05) is 6.42 Å². The van der Waals surface area contributed by atoms with Crippen LogP contribution in [0.4, 0.5) is 0 Å². The zero-order chi connectivity index (χ0) is 73.2. The van der Waals surface area contributed by atoms with E-state index < -0.39 is 124 Å². The molecule has 17 unspecified atom stereocenters. The number of amides is 1. The van der Waals surface area contributed by atoms with Crippen LogP contribution in [0.1, 0.15) is 219 Å². The van der Waals surface area contributed by atoms with Crippen LogP contribution in [0.15, 0.2) is 158 Å². The van der Waals surface area contributed by atoms with Crippen molar-refractivity contribution in [2.45, 2.75) is 324 Å². The molecule has 3 fully saturated rings. The van der Waals surface area contributed by atoms with Gasteiger partial charge >= 0.3 is 0 Å². The molecule has 19 heteroatoms. The largest absolute Gasteiger partial charge is 0.394 e. The van der Waals surface area contributed by atoms with E-state index in [4.69, 9.17) is 28.4 Å².